The Bertz CT molecular complexity index is 705. The number of aliphatic carboxylic acids is 1. The van der Waals surface area contributed by atoms with Crippen molar-refractivity contribution in [1.82, 2.24) is 10.2 Å². The highest BCUT2D eigenvalue weighted by molar-refractivity contribution is 5.83. The van der Waals surface area contributed by atoms with Gasteiger partial charge in [0.15, 0.2) is 0 Å². The van der Waals surface area contributed by atoms with Gasteiger partial charge in [0.1, 0.15) is 11.9 Å². The lowest BCUT2D eigenvalue weighted by Crippen LogP contribution is -2.42. The fourth-order valence-corrected chi connectivity index (χ4v) is 4.61. The third-order valence-corrected chi connectivity index (χ3v) is 6.27. The highest BCUT2D eigenvalue weighted by atomic mass is 19.1. The summed E-state index contributed by atoms with van der Waals surface area (Å²) in [4.78, 5) is 26.1. The van der Waals surface area contributed by atoms with E-state index in [0.29, 0.717) is 12.1 Å². The second-order valence-corrected chi connectivity index (χ2v) is 7.91. The first-order valence-corrected chi connectivity index (χ1v) is 9.46. The minimum atomic E-state index is -1.02. The van der Waals surface area contributed by atoms with Gasteiger partial charge in [-0.1, -0.05) is 31.0 Å². The summed E-state index contributed by atoms with van der Waals surface area (Å²) in [5, 5.41) is 22.1. The first-order valence-electron chi connectivity index (χ1n) is 9.46. The third kappa shape index (κ3) is 3.84. The average molecular weight is 378 g/mol. The van der Waals surface area contributed by atoms with Crippen molar-refractivity contribution in [2.45, 2.75) is 44.2 Å². The van der Waals surface area contributed by atoms with E-state index in [1.165, 1.54) is 6.07 Å². The van der Waals surface area contributed by atoms with Gasteiger partial charge in [-0.05, 0) is 32.4 Å². The van der Waals surface area contributed by atoms with Gasteiger partial charge in [0, 0.05) is 23.6 Å². The predicted molar refractivity (Wildman–Crippen MR) is 97.4 cm³/mol. The Labute approximate surface area is 158 Å². The molecule has 1 saturated heterocycles. The summed E-state index contributed by atoms with van der Waals surface area (Å²) in [6.45, 7) is 0.386. The number of hydrogen-bond acceptors (Lipinski definition) is 4. The first-order chi connectivity index (χ1) is 12.9. The zero-order chi connectivity index (χ0) is 19.6. The highest BCUT2D eigenvalue weighted by Crippen LogP contribution is 2.42. The van der Waals surface area contributed by atoms with Gasteiger partial charge in [0.25, 0.3) is 0 Å². The zero-order valence-electron chi connectivity index (χ0n) is 15.5. The Kier molecular flexibility index (Phi) is 5.81. The van der Waals surface area contributed by atoms with Crippen molar-refractivity contribution in [2.75, 3.05) is 20.2 Å². The number of carboxylic acids is 1. The number of nitrogens with one attached hydrogen (secondary N) is 1. The number of amides is 1. The van der Waals surface area contributed by atoms with E-state index in [1.54, 1.807) is 30.1 Å². The molecule has 1 aromatic carbocycles. The topological polar surface area (TPSA) is 89.9 Å². The molecule has 0 aromatic heterocycles. The van der Waals surface area contributed by atoms with E-state index in [0.717, 1.165) is 25.7 Å². The van der Waals surface area contributed by atoms with Crippen LogP contribution in [0.15, 0.2) is 24.3 Å². The minimum absolute atomic E-state index is 0.0202. The fraction of sp³-hybridized carbons (Fsp3) is 0.600. The summed E-state index contributed by atoms with van der Waals surface area (Å²) in [5.41, 5.74) is 0.0430. The molecule has 1 aliphatic carbocycles. The summed E-state index contributed by atoms with van der Waals surface area (Å²) in [7, 11) is 1.62. The summed E-state index contributed by atoms with van der Waals surface area (Å²) in [6.07, 6.45) is 3.91. The summed E-state index contributed by atoms with van der Waals surface area (Å²) in [6, 6.07) is 4.71. The lowest BCUT2D eigenvalue weighted by molar-refractivity contribution is -0.142. The monoisotopic (exact) mass is 378 g/mol. The van der Waals surface area contributed by atoms with Crippen molar-refractivity contribution in [2.24, 2.45) is 11.3 Å². The number of carbonyl (C=O) groups is 2. The molecule has 1 aromatic rings. The van der Waals surface area contributed by atoms with E-state index in [4.69, 9.17) is 0 Å². The molecule has 1 heterocycles. The standard InChI is InChI=1S/C20H27FN2O4/c1-23-16(19(26)27)10-14(17(23)13-6-2-3-7-15(13)21)18(25)22-11-20(12-24)8-4-5-9-20/h2-3,6-7,14,16-17,24H,4-5,8-12H2,1H3,(H,22,25)(H,26,27)/t14-,16-,17-/m0/s1. The molecule has 2 fully saturated rings. The lowest BCUT2D eigenvalue weighted by Gasteiger charge is -2.29. The maximum atomic E-state index is 14.4. The van der Waals surface area contributed by atoms with E-state index >= 15 is 0 Å². The van der Waals surface area contributed by atoms with E-state index < -0.39 is 29.8 Å². The average Bonchev–Trinajstić information content (AvgIpc) is 3.25. The number of hydrogen-bond donors (Lipinski definition) is 3. The van der Waals surface area contributed by atoms with Gasteiger partial charge in [-0.3, -0.25) is 14.5 Å². The summed E-state index contributed by atoms with van der Waals surface area (Å²) in [5.74, 6) is -2.40. The molecule has 3 atom stereocenters. The van der Waals surface area contributed by atoms with Crippen LogP contribution < -0.4 is 5.32 Å². The third-order valence-electron chi connectivity index (χ3n) is 6.27. The highest BCUT2D eigenvalue weighted by Gasteiger charge is 2.47. The molecule has 7 heteroatoms. The van der Waals surface area contributed by atoms with Crippen LogP contribution in [0, 0.1) is 17.2 Å². The van der Waals surface area contributed by atoms with Gasteiger partial charge in [0.05, 0.1) is 12.5 Å². The molecular weight excluding hydrogens is 351 g/mol. The smallest absolute Gasteiger partial charge is 0.320 e. The van der Waals surface area contributed by atoms with Crippen molar-refractivity contribution in [1.29, 1.82) is 0 Å². The number of aliphatic hydroxyl groups is 1. The predicted octanol–water partition coefficient (Wildman–Crippen LogP) is 1.94. The van der Waals surface area contributed by atoms with Gasteiger partial charge in [-0.15, -0.1) is 0 Å². The van der Waals surface area contributed by atoms with E-state index in [1.807, 2.05) is 0 Å². The maximum absolute atomic E-state index is 14.4. The van der Waals surface area contributed by atoms with Gasteiger partial charge >= 0.3 is 5.97 Å². The van der Waals surface area contributed by atoms with Crippen LogP contribution in [-0.2, 0) is 9.59 Å². The van der Waals surface area contributed by atoms with Crippen LogP contribution in [0.4, 0.5) is 4.39 Å². The molecule has 2 aliphatic rings. The quantitative estimate of drug-likeness (QED) is 0.704. The van der Waals surface area contributed by atoms with Crippen LogP contribution in [0.2, 0.25) is 0 Å². The van der Waals surface area contributed by atoms with Crippen LogP contribution >= 0.6 is 0 Å². The number of carboxylic acid groups (broad SMARTS) is 1. The number of rotatable bonds is 6. The van der Waals surface area contributed by atoms with Crippen molar-refractivity contribution in [3.63, 3.8) is 0 Å². The molecular formula is C20H27FN2O4. The zero-order valence-corrected chi connectivity index (χ0v) is 15.5. The van der Waals surface area contributed by atoms with Crippen LogP contribution in [0.1, 0.15) is 43.7 Å². The number of halogens is 1. The van der Waals surface area contributed by atoms with Crippen molar-refractivity contribution < 1.29 is 24.2 Å². The molecule has 0 bridgehead atoms. The Balaban J connectivity index is 1.81. The van der Waals surface area contributed by atoms with Crippen LogP contribution in [0.25, 0.3) is 0 Å². The van der Waals surface area contributed by atoms with E-state index in [2.05, 4.69) is 5.32 Å². The molecule has 3 N–H and O–H groups in total. The number of aliphatic hydroxyl groups excluding tert-OH is 1. The van der Waals surface area contributed by atoms with Crippen LogP contribution in [-0.4, -0.2) is 53.2 Å². The number of carbonyl (C=O) groups excluding carboxylic acids is 1. The number of likely N-dealkylation sites (N-methyl/N-ethyl adjacent to an activating group) is 1. The van der Waals surface area contributed by atoms with Gasteiger partial charge < -0.3 is 15.5 Å². The number of nitrogens with zero attached hydrogens (tertiary/aromatic N) is 1. The normalized spacial score (nSPS) is 27.6. The molecule has 6 nitrogen and oxygen atoms in total. The Morgan fingerprint density at radius 1 is 1.30 bits per heavy atom. The largest absolute Gasteiger partial charge is 0.480 e. The lowest BCUT2D eigenvalue weighted by atomic mass is 9.86. The van der Waals surface area contributed by atoms with Crippen LogP contribution in [0.3, 0.4) is 0 Å². The Morgan fingerprint density at radius 2 is 1.96 bits per heavy atom. The van der Waals surface area contributed by atoms with E-state index in [-0.39, 0.29) is 24.3 Å². The van der Waals surface area contributed by atoms with Crippen molar-refractivity contribution >= 4 is 11.9 Å². The second-order valence-electron chi connectivity index (χ2n) is 7.91. The molecule has 1 saturated carbocycles. The fourth-order valence-electron chi connectivity index (χ4n) is 4.61. The maximum Gasteiger partial charge on any atom is 0.320 e. The van der Waals surface area contributed by atoms with Gasteiger partial charge in [-0.25, -0.2) is 4.39 Å². The summed E-state index contributed by atoms with van der Waals surface area (Å²) < 4.78 is 14.4. The van der Waals surface area contributed by atoms with Gasteiger partial charge in [-0.2, -0.15) is 0 Å². The van der Waals surface area contributed by atoms with Crippen molar-refractivity contribution in [3.05, 3.63) is 35.6 Å². The molecule has 3 rings (SSSR count). The van der Waals surface area contributed by atoms with Crippen molar-refractivity contribution in [3.8, 4) is 0 Å². The van der Waals surface area contributed by atoms with Gasteiger partial charge in [0.2, 0.25) is 5.91 Å². The molecule has 0 spiro atoms. The Hall–Kier alpha value is -1.99. The van der Waals surface area contributed by atoms with Crippen LogP contribution in [0.5, 0.6) is 0 Å². The molecule has 1 amide bonds. The first kappa shape index (κ1) is 19.8. The Morgan fingerprint density at radius 3 is 2.56 bits per heavy atom. The summed E-state index contributed by atoms with van der Waals surface area (Å²) >= 11 is 0. The second kappa shape index (κ2) is 7.94. The number of likely N-dealkylation sites (tertiary alicyclic amines) is 1. The molecule has 0 unspecified atom stereocenters. The molecule has 27 heavy (non-hydrogen) atoms. The molecule has 0 radical (unpaired) electrons. The minimum Gasteiger partial charge on any atom is -0.480 e. The number of benzene rings is 1. The molecule has 1 aliphatic heterocycles. The molecule has 148 valence electrons. The van der Waals surface area contributed by atoms with E-state index in [9.17, 15) is 24.2 Å². The SMILES string of the molecule is CN1[C@H](C(=O)O)C[C@H](C(=O)NCC2(CO)CCCC2)[C@@H]1c1ccccc1F.